The predicted octanol–water partition coefficient (Wildman–Crippen LogP) is 6.58. The van der Waals surface area contributed by atoms with Crippen LogP contribution in [0.5, 0.6) is 5.75 Å². The largest absolute Gasteiger partial charge is 0.503 e. The molecule has 1 atom stereocenters. The van der Waals surface area contributed by atoms with Crippen LogP contribution in [0, 0.1) is 17.0 Å². The Morgan fingerprint density at radius 2 is 1.88 bits per heavy atom. The fourth-order valence-corrected chi connectivity index (χ4v) is 6.58. The molecule has 1 aliphatic heterocycles. The van der Waals surface area contributed by atoms with Crippen LogP contribution in [0.2, 0.25) is 0 Å². The molecular formula is C30H22N4O7S2. The number of hydrogen-bond acceptors (Lipinski definition) is 11. The van der Waals surface area contributed by atoms with Crippen molar-refractivity contribution >= 4 is 56.6 Å². The van der Waals surface area contributed by atoms with Crippen LogP contribution in [0.1, 0.15) is 33.3 Å². The van der Waals surface area contributed by atoms with Crippen molar-refractivity contribution in [3.8, 4) is 5.75 Å². The van der Waals surface area contributed by atoms with Gasteiger partial charge in [0.05, 0.1) is 23.6 Å². The molecule has 13 heteroatoms. The summed E-state index contributed by atoms with van der Waals surface area (Å²) in [5.41, 5.74) is 2.50. The molecule has 0 saturated carbocycles. The summed E-state index contributed by atoms with van der Waals surface area (Å²) >= 11 is 2.57. The number of ketones is 1. The third-order valence-electron chi connectivity index (χ3n) is 6.91. The van der Waals surface area contributed by atoms with Gasteiger partial charge in [0.2, 0.25) is 10.9 Å². The molecule has 0 unspecified atom stereocenters. The number of aliphatic hydroxyl groups excluding tert-OH is 1. The van der Waals surface area contributed by atoms with Crippen LogP contribution in [-0.2, 0) is 10.5 Å². The average molecular weight is 615 g/mol. The summed E-state index contributed by atoms with van der Waals surface area (Å²) in [6, 6.07) is 19.0. The number of thioether (sulfide) groups is 1. The second kappa shape index (κ2) is 11.3. The smallest absolute Gasteiger partial charge is 0.296 e. The van der Waals surface area contributed by atoms with Gasteiger partial charge >= 0.3 is 0 Å². The van der Waals surface area contributed by atoms with Gasteiger partial charge in [0, 0.05) is 23.3 Å². The van der Waals surface area contributed by atoms with Gasteiger partial charge in [-0.05, 0) is 42.3 Å². The number of Topliss-reactive ketones (excluding diaryl/α,β-unsaturated/α-hetero) is 1. The molecule has 11 nitrogen and oxygen atoms in total. The van der Waals surface area contributed by atoms with E-state index in [0.29, 0.717) is 32.4 Å². The molecule has 0 spiro atoms. The van der Waals surface area contributed by atoms with Gasteiger partial charge in [-0.3, -0.25) is 24.6 Å². The Morgan fingerprint density at radius 1 is 1.14 bits per heavy atom. The molecule has 1 amide bonds. The number of aryl methyl sites for hydroxylation is 1. The summed E-state index contributed by atoms with van der Waals surface area (Å²) in [6.45, 7) is 2.01. The molecule has 43 heavy (non-hydrogen) atoms. The second-order valence-electron chi connectivity index (χ2n) is 9.63. The van der Waals surface area contributed by atoms with Gasteiger partial charge in [0.25, 0.3) is 11.6 Å². The number of methoxy groups -OCH3 is 1. The van der Waals surface area contributed by atoms with Crippen molar-refractivity contribution in [3.63, 3.8) is 0 Å². The number of aromatic nitrogens is 2. The van der Waals surface area contributed by atoms with Gasteiger partial charge in [-0.1, -0.05) is 65.1 Å². The number of para-hydroxylation sites is 1. The molecule has 3 heterocycles. The molecular weight excluding hydrogens is 592 g/mol. The quantitative estimate of drug-likeness (QED) is 0.0634. The van der Waals surface area contributed by atoms with Gasteiger partial charge in [0.15, 0.2) is 27.2 Å². The van der Waals surface area contributed by atoms with Crippen molar-refractivity contribution in [2.24, 2.45) is 0 Å². The third kappa shape index (κ3) is 5.24. The number of rotatable bonds is 9. The van der Waals surface area contributed by atoms with Crippen LogP contribution in [-0.4, -0.2) is 39.0 Å². The first-order valence-corrected chi connectivity index (χ1v) is 14.7. The number of nitro groups is 1. The number of benzene rings is 3. The zero-order valence-electron chi connectivity index (χ0n) is 22.7. The van der Waals surface area contributed by atoms with Crippen LogP contribution in [0.4, 0.5) is 10.8 Å². The summed E-state index contributed by atoms with van der Waals surface area (Å²) in [5, 5.41) is 31.6. The lowest BCUT2D eigenvalue weighted by Crippen LogP contribution is -2.31. The molecule has 1 N–H and O–H groups in total. The van der Waals surface area contributed by atoms with E-state index in [1.165, 1.54) is 54.1 Å². The first-order valence-electron chi connectivity index (χ1n) is 12.9. The molecule has 0 aliphatic carbocycles. The Labute approximate surface area is 252 Å². The Bertz CT molecular complexity index is 1910. The number of nitrogens with zero attached hydrogens (tertiary/aromatic N) is 4. The number of aliphatic hydroxyl groups is 1. The van der Waals surface area contributed by atoms with E-state index in [-0.39, 0.29) is 22.2 Å². The first-order chi connectivity index (χ1) is 20.7. The number of carbonyl (C=O) groups excluding carboxylic acids is 2. The fourth-order valence-electron chi connectivity index (χ4n) is 4.76. The van der Waals surface area contributed by atoms with E-state index in [9.17, 15) is 24.8 Å². The highest BCUT2D eigenvalue weighted by atomic mass is 32.2. The topological polar surface area (TPSA) is 149 Å². The second-order valence-corrected chi connectivity index (χ2v) is 11.8. The van der Waals surface area contributed by atoms with Crippen LogP contribution in [0.25, 0.3) is 11.0 Å². The number of non-ortho nitro benzene ring substituents is 1. The molecule has 2 aromatic heterocycles. The molecule has 0 bridgehead atoms. The monoisotopic (exact) mass is 614 g/mol. The van der Waals surface area contributed by atoms with Gasteiger partial charge in [-0.15, -0.1) is 10.2 Å². The first kappa shape index (κ1) is 28.1. The number of ether oxygens (including phenoxy) is 1. The number of anilines is 1. The van der Waals surface area contributed by atoms with Crippen molar-refractivity contribution < 1.29 is 28.8 Å². The van der Waals surface area contributed by atoms with E-state index in [2.05, 4.69) is 10.2 Å². The van der Waals surface area contributed by atoms with Crippen LogP contribution in [0.15, 0.2) is 92.9 Å². The Kier molecular flexibility index (Phi) is 7.42. The molecule has 1 aliphatic rings. The van der Waals surface area contributed by atoms with Gasteiger partial charge < -0.3 is 14.3 Å². The standard InChI is InChI=1S/C30H22N4O7S2/c1-16-6-8-17(9-7-16)15-42-30-32-31-29(43-30)33-24(18-10-12-20(13-11-18)34(38)39)23(26(36)28(33)37)25(35)22-14-19-4-3-5-21(40-2)27(19)41-22/h3-14,24,36H,15H2,1-2H3/t24-/m1/s1. The van der Waals surface area contributed by atoms with E-state index in [1.54, 1.807) is 18.2 Å². The van der Waals surface area contributed by atoms with E-state index >= 15 is 0 Å². The minimum Gasteiger partial charge on any atom is -0.503 e. The Balaban J connectivity index is 1.38. The average Bonchev–Trinajstić information content (AvgIpc) is 3.73. The zero-order chi connectivity index (χ0) is 30.2. The van der Waals surface area contributed by atoms with Crippen LogP contribution in [0.3, 0.4) is 0 Å². The lowest BCUT2D eigenvalue weighted by Gasteiger charge is -2.23. The highest BCUT2D eigenvalue weighted by molar-refractivity contribution is 8.00. The van der Waals surface area contributed by atoms with Crippen molar-refractivity contribution in [2.75, 3.05) is 12.0 Å². The maximum atomic E-state index is 13.9. The normalized spacial score (nSPS) is 15.0. The van der Waals surface area contributed by atoms with Gasteiger partial charge in [-0.25, -0.2) is 0 Å². The van der Waals surface area contributed by atoms with Crippen LogP contribution < -0.4 is 9.64 Å². The summed E-state index contributed by atoms with van der Waals surface area (Å²) in [4.78, 5) is 39.4. The maximum absolute atomic E-state index is 13.9. The lowest BCUT2D eigenvalue weighted by molar-refractivity contribution is -0.384. The van der Waals surface area contributed by atoms with Crippen molar-refractivity contribution in [1.82, 2.24) is 10.2 Å². The number of carbonyl (C=O) groups is 2. The SMILES string of the molecule is COc1cccc2cc(C(=O)C3=C(O)C(=O)N(c4nnc(SCc5ccc(C)cc5)s4)[C@@H]3c3ccc([N+](=O)[O-])cc3)oc12. The number of hydrogen-bond donors (Lipinski definition) is 1. The molecule has 0 radical (unpaired) electrons. The maximum Gasteiger partial charge on any atom is 0.296 e. The summed E-state index contributed by atoms with van der Waals surface area (Å²) < 4.78 is 11.8. The molecule has 3 aromatic carbocycles. The minimum atomic E-state index is -1.15. The van der Waals surface area contributed by atoms with E-state index in [1.807, 2.05) is 31.2 Å². The zero-order valence-corrected chi connectivity index (χ0v) is 24.3. The molecule has 216 valence electrons. The van der Waals surface area contributed by atoms with Gasteiger partial charge in [-0.2, -0.15) is 0 Å². The molecule has 0 fully saturated rings. The number of fused-ring (bicyclic) bond motifs is 1. The van der Waals surface area contributed by atoms with Crippen LogP contribution >= 0.6 is 23.1 Å². The molecule has 5 aromatic rings. The van der Waals surface area contributed by atoms with E-state index in [0.717, 1.165) is 22.5 Å². The van der Waals surface area contributed by atoms with Gasteiger partial charge in [0.1, 0.15) is 0 Å². The highest BCUT2D eigenvalue weighted by Crippen LogP contribution is 2.44. The predicted molar refractivity (Wildman–Crippen MR) is 161 cm³/mol. The third-order valence-corrected chi connectivity index (χ3v) is 9.04. The Hall–Kier alpha value is -5.01. The molecule has 0 saturated heterocycles. The Morgan fingerprint density at radius 3 is 2.58 bits per heavy atom. The highest BCUT2D eigenvalue weighted by Gasteiger charge is 2.47. The van der Waals surface area contributed by atoms with Crippen molar-refractivity contribution in [2.45, 2.75) is 23.1 Å². The minimum absolute atomic E-state index is 0.116. The summed E-state index contributed by atoms with van der Waals surface area (Å²) in [7, 11) is 1.47. The number of nitro benzene ring substituents is 1. The lowest BCUT2D eigenvalue weighted by atomic mass is 9.95. The summed E-state index contributed by atoms with van der Waals surface area (Å²) in [6.07, 6.45) is 0. The van der Waals surface area contributed by atoms with E-state index in [4.69, 9.17) is 9.15 Å². The van der Waals surface area contributed by atoms with Crippen molar-refractivity contribution in [1.29, 1.82) is 0 Å². The van der Waals surface area contributed by atoms with Crippen molar-refractivity contribution in [3.05, 3.63) is 117 Å². The number of furan rings is 1. The molecule has 6 rings (SSSR count). The van der Waals surface area contributed by atoms with E-state index < -0.39 is 28.4 Å². The number of amides is 1. The fraction of sp³-hybridized carbons (Fsp3) is 0.133. The summed E-state index contributed by atoms with van der Waals surface area (Å²) in [5.74, 6) is -1.44.